The monoisotopic (exact) mass is 549 g/mol. The molecule has 0 heterocycles. The summed E-state index contributed by atoms with van der Waals surface area (Å²) in [5.74, 6) is -0.139. The molecule has 0 saturated carbocycles. The zero-order valence-corrected chi connectivity index (χ0v) is 23.4. The topological polar surface area (TPSA) is 168 Å². The number of amidine groups is 1. The van der Waals surface area contributed by atoms with Gasteiger partial charge in [-0.15, -0.1) is 0 Å². The van der Waals surface area contributed by atoms with E-state index in [9.17, 15) is 9.59 Å². The van der Waals surface area contributed by atoms with E-state index in [2.05, 4.69) is 22.7 Å². The van der Waals surface area contributed by atoms with Crippen LogP contribution in [0.4, 0.5) is 5.69 Å². The second kappa shape index (κ2) is 15.6. The normalized spacial score (nSPS) is 12.3. The van der Waals surface area contributed by atoms with Crippen molar-refractivity contribution in [2.45, 2.75) is 19.9 Å². The first-order chi connectivity index (χ1) is 19.1. The molecule has 0 aliphatic carbocycles. The third-order valence-corrected chi connectivity index (χ3v) is 5.70. The van der Waals surface area contributed by atoms with Crippen molar-refractivity contribution in [2.24, 2.45) is 11.5 Å². The van der Waals surface area contributed by atoms with Crippen LogP contribution in [0, 0.1) is 5.41 Å². The summed E-state index contributed by atoms with van der Waals surface area (Å²) in [7, 11) is 3.91. The first kappa shape index (κ1) is 31.4. The fraction of sp³-hybridized carbons (Fsp3) is 0.276. The molecule has 1 atom stereocenters. The Morgan fingerprint density at radius 2 is 1.80 bits per heavy atom. The number of anilines is 1. The Bertz CT molecular complexity index is 1250. The lowest BCUT2D eigenvalue weighted by atomic mass is 10.0. The highest BCUT2D eigenvalue weighted by atomic mass is 16.5. The first-order valence-corrected chi connectivity index (χ1v) is 12.7. The molecule has 2 aromatic rings. The minimum atomic E-state index is -0.948. The van der Waals surface area contributed by atoms with Crippen molar-refractivity contribution >= 4 is 23.3 Å². The molecular formula is C29H39N7O4. The van der Waals surface area contributed by atoms with Gasteiger partial charge in [0.05, 0.1) is 6.61 Å². The summed E-state index contributed by atoms with van der Waals surface area (Å²) in [5.41, 5.74) is 18.5. The van der Waals surface area contributed by atoms with E-state index in [1.165, 1.54) is 18.4 Å². The highest BCUT2D eigenvalue weighted by Crippen LogP contribution is 2.32. The lowest BCUT2D eigenvalue weighted by molar-refractivity contribution is -0.127. The van der Waals surface area contributed by atoms with Gasteiger partial charge in [0.1, 0.15) is 18.5 Å². The lowest BCUT2D eigenvalue weighted by Crippen LogP contribution is -2.46. The number of carbonyl (C=O) groups is 2. The van der Waals surface area contributed by atoms with Crippen molar-refractivity contribution in [1.82, 2.24) is 15.8 Å². The summed E-state index contributed by atoms with van der Waals surface area (Å²) in [6.45, 7) is 8.81. The maximum absolute atomic E-state index is 13.4. The van der Waals surface area contributed by atoms with Crippen LogP contribution >= 0.6 is 0 Å². The van der Waals surface area contributed by atoms with Gasteiger partial charge in [-0.25, -0.2) is 0 Å². The summed E-state index contributed by atoms with van der Waals surface area (Å²) in [4.78, 5) is 28.2. The zero-order valence-electron chi connectivity index (χ0n) is 23.4. The molecule has 11 nitrogen and oxygen atoms in total. The number of nitrogens with one attached hydrogen (secondary N) is 4. The molecular weight excluding hydrogens is 510 g/mol. The van der Waals surface area contributed by atoms with E-state index in [0.717, 1.165) is 6.54 Å². The molecule has 214 valence electrons. The average Bonchev–Trinajstić information content (AvgIpc) is 2.93. The predicted molar refractivity (Wildman–Crippen MR) is 158 cm³/mol. The number of benzene rings is 2. The molecule has 2 amide bonds. The number of rotatable bonds is 14. The molecule has 0 aromatic heterocycles. The highest BCUT2D eigenvalue weighted by molar-refractivity contribution is 5.99. The van der Waals surface area contributed by atoms with E-state index >= 15 is 0 Å². The highest BCUT2D eigenvalue weighted by Gasteiger charge is 2.24. The van der Waals surface area contributed by atoms with Crippen molar-refractivity contribution in [2.75, 3.05) is 39.2 Å². The van der Waals surface area contributed by atoms with Crippen molar-refractivity contribution in [3.63, 3.8) is 0 Å². The number of allylic oxidation sites excluding steroid dienone is 2. The number of nitrogen functional groups attached to an aromatic ring is 1. The smallest absolute Gasteiger partial charge is 0.270 e. The SMILES string of the molecule is C=C/C(C)=C(\C=C/N)C(=O)NNC(=O)C(Nc1ccc(C(=N)N)cc1)c1ccc(OCCN(C)C)c(OCC)c1. The van der Waals surface area contributed by atoms with Gasteiger partial charge in [0.15, 0.2) is 11.5 Å². The molecule has 8 N–H and O–H groups in total. The Morgan fingerprint density at radius 1 is 1.10 bits per heavy atom. The molecule has 2 aromatic carbocycles. The van der Waals surface area contributed by atoms with E-state index in [1.807, 2.05) is 25.9 Å². The van der Waals surface area contributed by atoms with Crippen LogP contribution in [-0.4, -0.2) is 56.4 Å². The van der Waals surface area contributed by atoms with Crippen molar-refractivity contribution in [1.29, 1.82) is 5.41 Å². The Kier molecular flexibility index (Phi) is 12.3. The summed E-state index contributed by atoms with van der Waals surface area (Å²) >= 11 is 0. The molecule has 0 bridgehead atoms. The number of hydrazine groups is 1. The van der Waals surface area contributed by atoms with E-state index < -0.39 is 17.9 Å². The van der Waals surface area contributed by atoms with Gasteiger partial charge in [-0.3, -0.25) is 25.8 Å². The molecule has 0 aliphatic heterocycles. The zero-order chi connectivity index (χ0) is 29.7. The number of nitrogens with two attached hydrogens (primary N) is 2. The molecule has 2 rings (SSSR count). The lowest BCUT2D eigenvalue weighted by Gasteiger charge is -2.22. The molecule has 0 aliphatic rings. The number of hydrogen-bond donors (Lipinski definition) is 6. The molecule has 0 radical (unpaired) electrons. The largest absolute Gasteiger partial charge is 0.490 e. The maximum atomic E-state index is 13.4. The Labute approximate surface area is 235 Å². The van der Waals surface area contributed by atoms with Gasteiger partial charge in [-0.05, 0) is 87.8 Å². The number of amides is 2. The van der Waals surface area contributed by atoms with E-state index in [1.54, 1.807) is 49.4 Å². The van der Waals surface area contributed by atoms with Crippen LogP contribution in [0.2, 0.25) is 0 Å². The van der Waals surface area contributed by atoms with Crippen LogP contribution in [-0.2, 0) is 9.59 Å². The van der Waals surface area contributed by atoms with Crippen molar-refractivity contribution in [3.8, 4) is 11.5 Å². The Balaban J connectivity index is 2.39. The molecule has 1 unspecified atom stereocenters. The average molecular weight is 550 g/mol. The minimum Gasteiger partial charge on any atom is -0.490 e. The van der Waals surface area contributed by atoms with Crippen molar-refractivity contribution in [3.05, 3.63) is 89.7 Å². The Hall–Kier alpha value is -4.77. The predicted octanol–water partition coefficient (Wildman–Crippen LogP) is 2.59. The van der Waals surface area contributed by atoms with E-state index in [0.29, 0.717) is 47.1 Å². The molecule has 0 fully saturated rings. The van der Waals surface area contributed by atoms with Gasteiger partial charge < -0.3 is 31.2 Å². The summed E-state index contributed by atoms with van der Waals surface area (Å²) in [5, 5.41) is 10.8. The molecule has 0 spiro atoms. The van der Waals surface area contributed by atoms with Crippen LogP contribution in [0.15, 0.2) is 78.5 Å². The van der Waals surface area contributed by atoms with Gasteiger partial charge in [0.2, 0.25) is 0 Å². The quantitative estimate of drug-likeness (QED) is 0.0687. The van der Waals surface area contributed by atoms with Crippen LogP contribution < -0.4 is 37.1 Å². The van der Waals surface area contributed by atoms with Crippen molar-refractivity contribution < 1.29 is 19.1 Å². The number of likely N-dealkylation sites (N-methyl/N-ethyl adjacent to an activating group) is 1. The fourth-order valence-electron chi connectivity index (χ4n) is 3.49. The van der Waals surface area contributed by atoms with E-state index in [4.69, 9.17) is 26.4 Å². The van der Waals surface area contributed by atoms with Gasteiger partial charge in [0, 0.05) is 23.4 Å². The Morgan fingerprint density at radius 3 is 2.38 bits per heavy atom. The van der Waals surface area contributed by atoms with Gasteiger partial charge >= 0.3 is 0 Å². The maximum Gasteiger partial charge on any atom is 0.270 e. The second-order valence-electron chi connectivity index (χ2n) is 8.96. The fourth-order valence-corrected chi connectivity index (χ4v) is 3.49. The van der Waals surface area contributed by atoms with Gasteiger partial charge in [0.25, 0.3) is 11.8 Å². The number of hydrogen-bond acceptors (Lipinski definition) is 8. The van der Waals surface area contributed by atoms with Crippen LogP contribution in [0.5, 0.6) is 11.5 Å². The summed E-state index contributed by atoms with van der Waals surface area (Å²) in [6, 6.07) is 11.0. The first-order valence-electron chi connectivity index (χ1n) is 12.7. The van der Waals surface area contributed by atoms with Crippen LogP contribution in [0.25, 0.3) is 0 Å². The number of nitrogens with zero attached hydrogens (tertiary/aromatic N) is 1. The molecule has 11 heteroatoms. The number of ether oxygens (including phenoxy) is 2. The van der Waals surface area contributed by atoms with E-state index in [-0.39, 0.29) is 11.4 Å². The third-order valence-electron chi connectivity index (χ3n) is 5.70. The third kappa shape index (κ3) is 9.21. The number of carbonyl (C=O) groups excluding carboxylic acids is 2. The molecule has 0 saturated heterocycles. The standard InChI is InChI=1S/C29H39N7O4/c1-6-19(3)23(14-15-30)28(37)34-35-29(38)26(33-22-11-8-20(9-12-22)27(31)32)21-10-13-24(25(18-21)39-7-2)40-17-16-36(4)5/h6,8-15,18,26,33H,1,7,16-17,30H2,2-5H3,(H3,31,32)(H,34,37)(H,35,38)/b15-14-,23-19+. The summed E-state index contributed by atoms with van der Waals surface area (Å²) in [6.07, 6.45) is 4.17. The van der Waals surface area contributed by atoms with Crippen LogP contribution in [0.3, 0.4) is 0 Å². The van der Waals surface area contributed by atoms with Gasteiger partial charge in [-0.1, -0.05) is 18.7 Å². The van der Waals surface area contributed by atoms with Crippen LogP contribution in [0.1, 0.15) is 31.0 Å². The second-order valence-corrected chi connectivity index (χ2v) is 8.96. The molecule has 40 heavy (non-hydrogen) atoms. The minimum absolute atomic E-state index is 0.0695. The van der Waals surface area contributed by atoms with Gasteiger partial charge in [-0.2, -0.15) is 0 Å². The summed E-state index contributed by atoms with van der Waals surface area (Å²) < 4.78 is 11.7.